The fourth-order valence-electron chi connectivity index (χ4n) is 4.46. The third kappa shape index (κ3) is 4.30. The van der Waals surface area contributed by atoms with Crippen molar-refractivity contribution in [2.45, 2.75) is 33.6 Å². The second-order valence-electron chi connectivity index (χ2n) is 8.27. The number of aryl methyl sites for hydroxylation is 1. The number of hydrogen-bond acceptors (Lipinski definition) is 5. The Balaban J connectivity index is 1.85. The van der Waals surface area contributed by atoms with Gasteiger partial charge in [0.1, 0.15) is 11.3 Å². The monoisotopic (exact) mass is 449 g/mol. The summed E-state index contributed by atoms with van der Waals surface area (Å²) in [5.41, 5.74) is 5.35. The van der Waals surface area contributed by atoms with E-state index in [1.54, 1.807) is 26.6 Å². The van der Waals surface area contributed by atoms with E-state index < -0.39 is 0 Å². The van der Waals surface area contributed by atoms with E-state index in [1.165, 1.54) is 0 Å². The van der Waals surface area contributed by atoms with Crippen molar-refractivity contribution in [3.63, 3.8) is 0 Å². The van der Waals surface area contributed by atoms with Crippen LogP contribution in [0.5, 0.6) is 17.2 Å². The summed E-state index contributed by atoms with van der Waals surface area (Å²) in [6.07, 6.45) is 5.62. The molecule has 0 unspecified atom stereocenters. The third-order valence-corrected chi connectivity index (χ3v) is 6.21. The SMILES string of the molecule is CCOc1c(/C(C)=C/C(=O)N2CCCC2)cc2c(-c3ccc(OC)c(OC)c3)coc2c1C. The zero-order valence-corrected chi connectivity index (χ0v) is 20.0. The van der Waals surface area contributed by atoms with Crippen LogP contribution in [0.15, 0.2) is 41.0 Å². The van der Waals surface area contributed by atoms with E-state index in [9.17, 15) is 4.79 Å². The minimum Gasteiger partial charge on any atom is -0.493 e. The van der Waals surface area contributed by atoms with Crippen molar-refractivity contribution < 1.29 is 23.4 Å². The Morgan fingerprint density at radius 2 is 1.85 bits per heavy atom. The van der Waals surface area contributed by atoms with Crippen LogP contribution in [0.3, 0.4) is 0 Å². The molecule has 1 aliphatic heterocycles. The van der Waals surface area contributed by atoms with Crippen molar-refractivity contribution in [1.29, 1.82) is 0 Å². The van der Waals surface area contributed by atoms with Gasteiger partial charge < -0.3 is 23.5 Å². The van der Waals surface area contributed by atoms with Gasteiger partial charge in [-0.05, 0) is 62.9 Å². The number of fused-ring (bicyclic) bond motifs is 1. The molecule has 0 aliphatic carbocycles. The minimum absolute atomic E-state index is 0.0532. The average Bonchev–Trinajstić information content (AvgIpc) is 3.51. The van der Waals surface area contributed by atoms with Crippen LogP contribution in [0, 0.1) is 6.92 Å². The predicted molar refractivity (Wildman–Crippen MR) is 130 cm³/mol. The van der Waals surface area contributed by atoms with Crippen molar-refractivity contribution >= 4 is 22.4 Å². The number of amides is 1. The van der Waals surface area contributed by atoms with Crippen LogP contribution in [-0.4, -0.2) is 44.7 Å². The second kappa shape index (κ2) is 9.61. The summed E-state index contributed by atoms with van der Waals surface area (Å²) in [5, 5.41) is 0.958. The van der Waals surface area contributed by atoms with E-state index in [1.807, 2.05) is 43.9 Å². The van der Waals surface area contributed by atoms with Crippen LogP contribution in [0.1, 0.15) is 37.8 Å². The number of nitrogens with zero attached hydrogens (tertiary/aromatic N) is 1. The molecule has 6 nitrogen and oxygen atoms in total. The van der Waals surface area contributed by atoms with E-state index >= 15 is 0 Å². The number of allylic oxidation sites excluding steroid dienone is 1. The zero-order valence-electron chi connectivity index (χ0n) is 20.0. The van der Waals surface area contributed by atoms with Crippen LogP contribution in [0.25, 0.3) is 27.7 Å². The summed E-state index contributed by atoms with van der Waals surface area (Å²) in [7, 11) is 3.24. The molecule has 2 heterocycles. The normalized spacial score (nSPS) is 14.1. The number of hydrogen-bond donors (Lipinski definition) is 0. The number of benzene rings is 2. The molecular formula is C27H31NO5. The van der Waals surface area contributed by atoms with Gasteiger partial charge in [-0.2, -0.15) is 0 Å². The van der Waals surface area contributed by atoms with Gasteiger partial charge in [0.2, 0.25) is 5.91 Å². The van der Waals surface area contributed by atoms with E-state index in [0.717, 1.165) is 70.5 Å². The number of ether oxygens (including phenoxy) is 3. The van der Waals surface area contributed by atoms with Gasteiger partial charge in [-0.1, -0.05) is 6.07 Å². The van der Waals surface area contributed by atoms with E-state index in [0.29, 0.717) is 18.1 Å². The first-order chi connectivity index (χ1) is 16.0. The van der Waals surface area contributed by atoms with Crippen molar-refractivity contribution in [2.24, 2.45) is 0 Å². The largest absolute Gasteiger partial charge is 0.493 e. The standard InChI is InChI=1S/C27H31NO5/c1-6-32-26-18(3)27-21(15-20(26)17(2)13-25(29)28-11-7-8-12-28)22(16-33-27)19-9-10-23(30-4)24(14-19)31-5/h9-10,13-16H,6-8,11-12H2,1-5H3/b17-13+. The van der Waals surface area contributed by atoms with Gasteiger partial charge in [0.15, 0.2) is 11.5 Å². The molecule has 0 spiro atoms. The predicted octanol–water partition coefficient (Wildman–Crippen LogP) is 5.85. The maximum Gasteiger partial charge on any atom is 0.246 e. The highest BCUT2D eigenvalue weighted by molar-refractivity contribution is 6.02. The first-order valence-corrected chi connectivity index (χ1v) is 11.4. The molecule has 2 aromatic carbocycles. The first kappa shape index (κ1) is 22.8. The average molecular weight is 450 g/mol. The van der Waals surface area contributed by atoms with Gasteiger partial charge in [-0.15, -0.1) is 0 Å². The molecular weight excluding hydrogens is 418 g/mol. The fourth-order valence-corrected chi connectivity index (χ4v) is 4.46. The summed E-state index contributed by atoms with van der Waals surface area (Å²) in [6.45, 7) is 8.09. The molecule has 4 rings (SSSR count). The number of rotatable bonds is 7. The number of furan rings is 1. The molecule has 0 bridgehead atoms. The lowest BCUT2D eigenvalue weighted by atomic mass is 9.96. The Labute approximate surface area is 194 Å². The Kier molecular flexibility index (Phi) is 6.63. The van der Waals surface area contributed by atoms with E-state index in [-0.39, 0.29) is 5.91 Å². The molecule has 33 heavy (non-hydrogen) atoms. The Bertz CT molecular complexity index is 1200. The van der Waals surface area contributed by atoms with Crippen LogP contribution in [-0.2, 0) is 4.79 Å². The maximum atomic E-state index is 12.8. The zero-order chi connectivity index (χ0) is 23.5. The van der Waals surface area contributed by atoms with E-state index in [2.05, 4.69) is 6.07 Å². The molecule has 1 saturated heterocycles. The Morgan fingerprint density at radius 3 is 2.52 bits per heavy atom. The number of methoxy groups -OCH3 is 2. The van der Waals surface area contributed by atoms with Gasteiger partial charge in [0, 0.05) is 41.2 Å². The molecule has 1 aromatic heterocycles. The molecule has 1 fully saturated rings. The van der Waals surface area contributed by atoms with E-state index in [4.69, 9.17) is 18.6 Å². The maximum absolute atomic E-state index is 12.8. The minimum atomic E-state index is 0.0532. The third-order valence-electron chi connectivity index (χ3n) is 6.21. The summed E-state index contributed by atoms with van der Waals surface area (Å²) >= 11 is 0. The Morgan fingerprint density at radius 1 is 1.12 bits per heavy atom. The fraction of sp³-hybridized carbons (Fsp3) is 0.370. The van der Waals surface area contributed by atoms with Gasteiger partial charge in [-0.25, -0.2) is 0 Å². The molecule has 1 amide bonds. The highest BCUT2D eigenvalue weighted by Gasteiger charge is 2.21. The lowest BCUT2D eigenvalue weighted by Crippen LogP contribution is -2.25. The van der Waals surface area contributed by atoms with Crippen molar-refractivity contribution in [1.82, 2.24) is 4.90 Å². The van der Waals surface area contributed by atoms with Gasteiger partial charge >= 0.3 is 0 Å². The molecule has 0 atom stereocenters. The molecule has 3 aromatic rings. The lowest BCUT2D eigenvalue weighted by molar-refractivity contribution is -0.124. The summed E-state index contributed by atoms with van der Waals surface area (Å²) < 4.78 is 22.9. The van der Waals surface area contributed by atoms with Gasteiger partial charge in [-0.3, -0.25) is 4.79 Å². The molecule has 174 valence electrons. The topological polar surface area (TPSA) is 61.1 Å². The number of likely N-dealkylation sites (tertiary alicyclic amines) is 1. The summed E-state index contributed by atoms with van der Waals surface area (Å²) in [6, 6.07) is 7.87. The van der Waals surface area contributed by atoms with Crippen LogP contribution < -0.4 is 14.2 Å². The lowest BCUT2D eigenvalue weighted by Gasteiger charge is -2.16. The quantitative estimate of drug-likeness (QED) is 0.424. The van der Waals surface area contributed by atoms with Crippen molar-refractivity contribution in [3.05, 3.63) is 47.7 Å². The highest BCUT2D eigenvalue weighted by Crippen LogP contribution is 2.42. The van der Waals surface area contributed by atoms with Crippen molar-refractivity contribution in [2.75, 3.05) is 33.9 Å². The van der Waals surface area contributed by atoms with Gasteiger partial charge in [0.05, 0.1) is 27.1 Å². The summed E-state index contributed by atoms with van der Waals surface area (Å²) in [4.78, 5) is 14.7. The van der Waals surface area contributed by atoms with Crippen LogP contribution >= 0.6 is 0 Å². The molecule has 6 heteroatoms. The van der Waals surface area contributed by atoms with Crippen LogP contribution in [0.2, 0.25) is 0 Å². The van der Waals surface area contributed by atoms with Crippen molar-refractivity contribution in [3.8, 4) is 28.4 Å². The smallest absolute Gasteiger partial charge is 0.246 e. The molecule has 0 N–H and O–H groups in total. The molecule has 1 aliphatic rings. The molecule has 0 saturated carbocycles. The van der Waals surface area contributed by atoms with Crippen LogP contribution in [0.4, 0.5) is 0 Å². The van der Waals surface area contributed by atoms with Gasteiger partial charge in [0.25, 0.3) is 0 Å². The first-order valence-electron chi connectivity index (χ1n) is 11.4. The molecule has 0 radical (unpaired) electrons. The number of carbonyl (C=O) groups is 1. The second-order valence-corrected chi connectivity index (χ2v) is 8.27. The summed E-state index contributed by atoms with van der Waals surface area (Å²) in [5.74, 6) is 2.13. The highest BCUT2D eigenvalue weighted by atomic mass is 16.5. The Hall–Kier alpha value is -3.41. The number of carbonyl (C=O) groups excluding carboxylic acids is 1.